The highest BCUT2D eigenvalue weighted by molar-refractivity contribution is 6.03. The molecule has 4 nitrogen and oxygen atoms in total. The predicted molar refractivity (Wildman–Crippen MR) is 86.6 cm³/mol. The Hall–Kier alpha value is -2.88. The standard InChI is InChI=1S/C18H16N2O2/c21-17(9-6-13-4-2-1-3-5-13)20-15-8-7-14-10-11-19-18(22)16(14)12-15/h1-9,12H,10-11H2,(H,19,22)(H,20,21)/b9-6+. The van der Waals surface area contributed by atoms with Crippen LogP contribution in [0.5, 0.6) is 0 Å². The molecule has 0 spiro atoms. The fraction of sp³-hybridized carbons (Fsp3) is 0.111. The van der Waals surface area contributed by atoms with Gasteiger partial charge in [0.15, 0.2) is 0 Å². The molecule has 1 aliphatic heterocycles. The summed E-state index contributed by atoms with van der Waals surface area (Å²) >= 11 is 0. The van der Waals surface area contributed by atoms with Gasteiger partial charge in [-0.3, -0.25) is 9.59 Å². The summed E-state index contributed by atoms with van der Waals surface area (Å²) in [5.41, 5.74) is 3.23. The molecule has 0 saturated carbocycles. The van der Waals surface area contributed by atoms with E-state index in [0.29, 0.717) is 17.8 Å². The second kappa shape index (κ2) is 6.26. The Balaban J connectivity index is 1.71. The number of nitrogens with one attached hydrogen (secondary N) is 2. The molecular formula is C18H16N2O2. The quantitative estimate of drug-likeness (QED) is 0.854. The van der Waals surface area contributed by atoms with E-state index in [1.165, 1.54) is 6.08 Å². The monoisotopic (exact) mass is 292 g/mol. The largest absolute Gasteiger partial charge is 0.352 e. The summed E-state index contributed by atoms with van der Waals surface area (Å²) in [5, 5.41) is 5.58. The Bertz CT molecular complexity index is 736. The van der Waals surface area contributed by atoms with Crippen LogP contribution in [0.15, 0.2) is 54.6 Å². The summed E-state index contributed by atoms with van der Waals surface area (Å²) in [4.78, 5) is 23.7. The zero-order valence-electron chi connectivity index (χ0n) is 12.0. The van der Waals surface area contributed by atoms with Gasteiger partial charge in [0, 0.05) is 23.9 Å². The third-order valence-electron chi connectivity index (χ3n) is 3.53. The fourth-order valence-electron chi connectivity index (χ4n) is 2.41. The maximum atomic E-state index is 11.9. The van der Waals surface area contributed by atoms with Crippen molar-refractivity contribution in [2.45, 2.75) is 6.42 Å². The minimum absolute atomic E-state index is 0.0859. The lowest BCUT2D eigenvalue weighted by molar-refractivity contribution is -0.111. The van der Waals surface area contributed by atoms with Crippen molar-refractivity contribution in [1.82, 2.24) is 5.32 Å². The van der Waals surface area contributed by atoms with E-state index in [9.17, 15) is 9.59 Å². The van der Waals surface area contributed by atoms with Crippen molar-refractivity contribution in [3.63, 3.8) is 0 Å². The molecule has 22 heavy (non-hydrogen) atoms. The molecule has 2 N–H and O–H groups in total. The first-order valence-electron chi connectivity index (χ1n) is 7.17. The van der Waals surface area contributed by atoms with Crippen LogP contribution in [0.1, 0.15) is 21.5 Å². The first-order chi connectivity index (χ1) is 10.7. The van der Waals surface area contributed by atoms with Crippen molar-refractivity contribution in [3.05, 3.63) is 71.3 Å². The average molecular weight is 292 g/mol. The Morgan fingerprint density at radius 3 is 2.77 bits per heavy atom. The summed E-state index contributed by atoms with van der Waals surface area (Å²) in [5.74, 6) is -0.308. The highest BCUT2D eigenvalue weighted by Crippen LogP contribution is 2.19. The second-order valence-corrected chi connectivity index (χ2v) is 5.11. The summed E-state index contributed by atoms with van der Waals surface area (Å²) in [6.07, 6.45) is 4.05. The van der Waals surface area contributed by atoms with Crippen molar-refractivity contribution in [3.8, 4) is 0 Å². The molecule has 3 rings (SSSR count). The van der Waals surface area contributed by atoms with Crippen LogP contribution in [0.2, 0.25) is 0 Å². The topological polar surface area (TPSA) is 58.2 Å². The van der Waals surface area contributed by atoms with E-state index in [0.717, 1.165) is 17.5 Å². The van der Waals surface area contributed by atoms with Gasteiger partial charge in [-0.15, -0.1) is 0 Å². The molecule has 2 aromatic carbocycles. The molecule has 0 atom stereocenters. The molecular weight excluding hydrogens is 276 g/mol. The predicted octanol–water partition coefficient (Wildman–Crippen LogP) is 2.62. The summed E-state index contributed by atoms with van der Waals surface area (Å²) in [7, 11) is 0. The fourth-order valence-corrected chi connectivity index (χ4v) is 2.41. The average Bonchev–Trinajstić information content (AvgIpc) is 2.55. The second-order valence-electron chi connectivity index (χ2n) is 5.11. The molecule has 4 heteroatoms. The van der Waals surface area contributed by atoms with Crippen molar-refractivity contribution in [1.29, 1.82) is 0 Å². The van der Waals surface area contributed by atoms with Gasteiger partial charge in [0.05, 0.1) is 0 Å². The van der Waals surface area contributed by atoms with E-state index >= 15 is 0 Å². The Morgan fingerprint density at radius 1 is 1.14 bits per heavy atom. The minimum Gasteiger partial charge on any atom is -0.352 e. The van der Waals surface area contributed by atoms with Crippen LogP contribution in [0, 0.1) is 0 Å². The van der Waals surface area contributed by atoms with Crippen LogP contribution in [-0.2, 0) is 11.2 Å². The van der Waals surface area contributed by atoms with Gasteiger partial charge in [-0.2, -0.15) is 0 Å². The van der Waals surface area contributed by atoms with Crippen LogP contribution in [0.3, 0.4) is 0 Å². The zero-order chi connectivity index (χ0) is 15.4. The highest BCUT2D eigenvalue weighted by atomic mass is 16.2. The number of hydrogen-bond acceptors (Lipinski definition) is 2. The van der Waals surface area contributed by atoms with Crippen molar-refractivity contribution in [2.75, 3.05) is 11.9 Å². The number of anilines is 1. The van der Waals surface area contributed by atoms with Crippen LogP contribution in [0.25, 0.3) is 6.08 Å². The van der Waals surface area contributed by atoms with E-state index in [1.54, 1.807) is 12.1 Å². The normalized spacial score (nSPS) is 13.5. The number of fused-ring (bicyclic) bond motifs is 1. The first-order valence-corrected chi connectivity index (χ1v) is 7.17. The van der Waals surface area contributed by atoms with Crippen LogP contribution < -0.4 is 10.6 Å². The van der Waals surface area contributed by atoms with Gasteiger partial charge in [0.25, 0.3) is 5.91 Å². The van der Waals surface area contributed by atoms with Crippen molar-refractivity contribution >= 4 is 23.6 Å². The third kappa shape index (κ3) is 3.23. The molecule has 2 aromatic rings. The van der Waals surface area contributed by atoms with Gasteiger partial charge in [0.2, 0.25) is 5.91 Å². The Labute approximate surface area is 128 Å². The Kier molecular flexibility index (Phi) is 4.01. The maximum absolute atomic E-state index is 11.9. The number of benzene rings is 2. The summed E-state index contributed by atoms with van der Waals surface area (Å²) in [6, 6.07) is 15.0. The van der Waals surface area contributed by atoms with Crippen LogP contribution in [0.4, 0.5) is 5.69 Å². The molecule has 0 aliphatic carbocycles. The molecule has 2 amide bonds. The van der Waals surface area contributed by atoms with E-state index in [1.807, 2.05) is 42.5 Å². The molecule has 0 bridgehead atoms. The van der Waals surface area contributed by atoms with Gasteiger partial charge in [-0.1, -0.05) is 36.4 Å². The van der Waals surface area contributed by atoms with E-state index < -0.39 is 0 Å². The number of hydrogen-bond donors (Lipinski definition) is 2. The summed E-state index contributed by atoms with van der Waals surface area (Å²) < 4.78 is 0. The molecule has 0 saturated heterocycles. The lowest BCUT2D eigenvalue weighted by atomic mass is 10.00. The number of carbonyl (C=O) groups is 2. The van der Waals surface area contributed by atoms with Gasteiger partial charge in [0.1, 0.15) is 0 Å². The van der Waals surface area contributed by atoms with Gasteiger partial charge >= 0.3 is 0 Å². The van der Waals surface area contributed by atoms with Gasteiger partial charge in [-0.05, 0) is 35.8 Å². The maximum Gasteiger partial charge on any atom is 0.251 e. The smallest absolute Gasteiger partial charge is 0.251 e. The Morgan fingerprint density at radius 2 is 1.95 bits per heavy atom. The molecule has 110 valence electrons. The number of rotatable bonds is 3. The number of amides is 2. The molecule has 0 unspecified atom stereocenters. The van der Waals surface area contributed by atoms with Crippen molar-refractivity contribution < 1.29 is 9.59 Å². The lowest BCUT2D eigenvalue weighted by Gasteiger charge is -2.17. The zero-order valence-corrected chi connectivity index (χ0v) is 12.0. The summed E-state index contributed by atoms with van der Waals surface area (Å²) in [6.45, 7) is 0.664. The third-order valence-corrected chi connectivity index (χ3v) is 3.53. The lowest BCUT2D eigenvalue weighted by Crippen LogP contribution is -2.31. The van der Waals surface area contributed by atoms with E-state index in [2.05, 4.69) is 10.6 Å². The molecule has 0 fully saturated rings. The van der Waals surface area contributed by atoms with Gasteiger partial charge in [-0.25, -0.2) is 0 Å². The SMILES string of the molecule is O=C(/C=C/c1ccccc1)Nc1ccc2c(c1)C(=O)NCC2. The van der Waals surface area contributed by atoms with Gasteiger partial charge < -0.3 is 10.6 Å². The molecule has 0 aromatic heterocycles. The number of carbonyl (C=O) groups excluding carboxylic acids is 2. The first kappa shape index (κ1) is 14.1. The molecule has 0 radical (unpaired) electrons. The minimum atomic E-state index is -0.222. The highest BCUT2D eigenvalue weighted by Gasteiger charge is 2.16. The van der Waals surface area contributed by atoms with Crippen molar-refractivity contribution in [2.24, 2.45) is 0 Å². The molecule has 1 aliphatic rings. The van der Waals surface area contributed by atoms with E-state index in [4.69, 9.17) is 0 Å². The molecule has 1 heterocycles. The van der Waals surface area contributed by atoms with Crippen LogP contribution >= 0.6 is 0 Å². The van der Waals surface area contributed by atoms with E-state index in [-0.39, 0.29) is 11.8 Å². The van der Waals surface area contributed by atoms with Crippen LogP contribution in [-0.4, -0.2) is 18.4 Å².